The Morgan fingerprint density at radius 1 is 1.22 bits per heavy atom. The first kappa shape index (κ1) is 15.8. The molecule has 0 amide bonds. The van der Waals surface area contributed by atoms with Gasteiger partial charge in [0.2, 0.25) is 0 Å². The molecule has 0 radical (unpaired) electrons. The van der Waals surface area contributed by atoms with E-state index in [0.717, 1.165) is 5.56 Å². The van der Waals surface area contributed by atoms with E-state index in [0.29, 0.717) is 22.6 Å². The molecule has 1 rings (SSSR count). The van der Waals surface area contributed by atoms with Crippen molar-refractivity contribution in [2.75, 3.05) is 13.7 Å². The number of ether oxygens (including phenoxy) is 1. The van der Waals surface area contributed by atoms with Gasteiger partial charge in [0.05, 0.1) is 22.2 Å². The van der Waals surface area contributed by atoms with Crippen LogP contribution in [0.2, 0.25) is 10.0 Å². The highest BCUT2D eigenvalue weighted by molar-refractivity contribution is 6.42. The maximum absolute atomic E-state index is 6.08. The molecule has 0 heterocycles. The van der Waals surface area contributed by atoms with Crippen LogP contribution < -0.4 is 5.32 Å². The maximum Gasteiger partial charge on any atom is 0.0792 e. The lowest BCUT2D eigenvalue weighted by molar-refractivity contribution is 0.00461. The van der Waals surface area contributed by atoms with E-state index in [2.05, 4.69) is 19.2 Å². The summed E-state index contributed by atoms with van der Waals surface area (Å²) in [7, 11) is 1.93. The third kappa shape index (κ3) is 3.86. The van der Waals surface area contributed by atoms with Crippen LogP contribution in [0.25, 0.3) is 0 Å². The van der Waals surface area contributed by atoms with Gasteiger partial charge in [-0.2, -0.15) is 0 Å². The number of hydrogen-bond acceptors (Lipinski definition) is 2. The van der Waals surface area contributed by atoms with Crippen molar-refractivity contribution in [3.63, 3.8) is 0 Å². The molecule has 102 valence electrons. The molecule has 1 N–H and O–H groups in total. The number of hydrogen-bond donors (Lipinski definition) is 1. The van der Waals surface area contributed by atoms with Gasteiger partial charge >= 0.3 is 0 Å². The Labute approximate surface area is 120 Å². The minimum atomic E-state index is 0.109. The molecule has 0 bridgehead atoms. The smallest absolute Gasteiger partial charge is 0.0792 e. The maximum atomic E-state index is 6.08. The predicted octanol–water partition coefficient (Wildman–Crippen LogP) is 4.32. The molecule has 18 heavy (non-hydrogen) atoms. The molecule has 1 aromatic rings. The van der Waals surface area contributed by atoms with Crippen LogP contribution in [0.1, 0.15) is 32.4 Å². The monoisotopic (exact) mass is 289 g/mol. The summed E-state index contributed by atoms with van der Waals surface area (Å²) < 4.78 is 5.84. The van der Waals surface area contributed by atoms with Crippen LogP contribution in [0.15, 0.2) is 18.2 Å². The first-order chi connectivity index (χ1) is 8.51. The van der Waals surface area contributed by atoms with Gasteiger partial charge in [-0.3, -0.25) is 0 Å². The Morgan fingerprint density at radius 3 is 2.33 bits per heavy atom. The molecule has 0 spiro atoms. The molecular formula is C14H21Cl2NO. The summed E-state index contributed by atoms with van der Waals surface area (Å²) in [6.45, 7) is 7.02. The normalized spacial score (nSPS) is 14.8. The molecule has 1 aromatic carbocycles. The zero-order chi connectivity index (χ0) is 13.7. The minimum absolute atomic E-state index is 0.109. The topological polar surface area (TPSA) is 21.3 Å². The van der Waals surface area contributed by atoms with Gasteiger partial charge in [0.15, 0.2) is 0 Å². The van der Waals surface area contributed by atoms with Crippen LogP contribution >= 0.6 is 23.2 Å². The zero-order valence-corrected chi connectivity index (χ0v) is 12.8. The SMILES string of the molecule is CCOC(C(C)C)C(NC)c1ccc(Cl)c(Cl)c1. The zero-order valence-electron chi connectivity index (χ0n) is 11.3. The van der Waals surface area contributed by atoms with Crippen LogP contribution in [0, 0.1) is 5.92 Å². The number of likely N-dealkylation sites (N-methyl/N-ethyl adjacent to an activating group) is 1. The second-order valence-corrected chi connectivity index (χ2v) is 5.42. The lowest BCUT2D eigenvalue weighted by atomic mass is 9.93. The Morgan fingerprint density at radius 2 is 1.89 bits per heavy atom. The molecule has 0 aromatic heterocycles. The molecule has 0 fully saturated rings. The second kappa shape index (κ2) is 7.34. The van der Waals surface area contributed by atoms with Gasteiger partial charge in [-0.25, -0.2) is 0 Å². The number of benzene rings is 1. The van der Waals surface area contributed by atoms with Crippen LogP contribution in [-0.2, 0) is 4.74 Å². The van der Waals surface area contributed by atoms with Crippen LogP contribution in [0.3, 0.4) is 0 Å². The van der Waals surface area contributed by atoms with E-state index in [-0.39, 0.29) is 12.1 Å². The highest BCUT2D eigenvalue weighted by Gasteiger charge is 2.25. The van der Waals surface area contributed by atoms with E-state index in [1.165, 1.54) is 0 Å². The highest BCUT2D eigenvalue weighted by atomic mass is 35.5. The molecule has 0 aliphatic carbocycles. The standard InChI is InChI=1S/C14H21Cl2NO/c1-5-18-14(9(2)3)13(17-4)10-6-7-11(15)12(16)8-10/h6-9,13-14,17H,5H2,1-4H3. The van der Waals surface area contributed by atoms with E-state index < -0.39 is 0 Å². The van der Waals surface area contributed by atoms with Crippen molar-refractivity contribution in [3.05, 3.63) is 33.8 Å². The molecule has 2 unspecified atom stereocenters. The van der Waals surface area contributed by atoms with Crippen LogP contribution in [-0.4, -0.2) is 19.8 Å². The molecule has 0 aliphatic heterocycles. The van der Waals surface area contributed by atoms with Crippen molar-refractivity contribution in [1.82, 2.24) is 5.32 Å². The quantitative estimate of drug-likeness (QED) is 0.842. The average Bonchev–Trinajstić information content (AvgIpc) is 2.33. The lowest BCUT2D eigenvalue weighted by Gasteiger charge is -2.30. The average molecular weight is 290 g/mol. The van der Waals surface area contributed by atoms with E-state index in [1.54, 1.807) is 0 Å². The predicted molar refractivity (Wildman–Crippen MR) is 78.5 cm³/mol. The third-order valence-electron chi connectivity index (χ3n) is 2.96. The van der Waals surface area contributed by atoms with Crippen molar-refractivity contribution in [2.45, 2.75) is 32.9 Å². The van der Waals surface area contributed by atoms with E-state index in [9.17, 15) is 0 Å². The van der Waals surface area contributed by atoms with Crippen LogP contribution in [0.5, 0.6) is 0 Å². The molecule has 4 heteroatoms. The van der Waals surface area contributed by atoms with Gasteiger partial charge in [-0.1, -0.05) is 43.1 Å². The lowest BCUT2D eigenvalue weighted by Crippen LogP contribution is -2.35. The Kier molecular flexibility index (Phi) is 6.44. The molecule has 2 atom stereocenters. The van der Waals surface area contributed by atoms with Crippen molar-refractivity contribution in [1.29, 1.82) is 0 Å². The third-order valence-corrected chi connectivity index (χ3v) is 3.70. The molecule has 0 saturated carbocycles. The Balaban J connectivity index is 3.02. The minimum Gasteiger partial charge on any atom is -0.376 e. The summed E-state index contributed by atoms with van der Waals surface area (Å²) in [4.78, 5) is 0. The fourth-order valence-electron chi connectivity index (χ4n) is 2.09. The summed E-state index contributed by atoms with van der Waals surface area (Å²) in [5.74, 6) is 0.414. The van der Waals surface area contributed by atoms with Crippen molar-refractivity contribution >= 4 is 23.2 Å². The Hall–Kier alpha value is -0.280. The van der Waals surface area contributed by atoms with E-state index in [1.807, 2.05) is 32.2 Å². The molecule has 2 nitrogen and oxygen atoms in total. The first-order valence-electron chi connectivity index (χ1n) is 6.25. The Bertz CT molecular complexity index is 382. The van der Waals surface area contributed by atoms with E-state index in [4.69, 9.17) is 27.9 Å². The van der Waals surface area contributed by atoms with Gasteiger partial charge in [-0.15, -0.1) is 0 Å². The van der Waals surface area contributed by atoms with Crippen LogP contribution in [0.4, 0.5) is 0 Å². The molecule has 0 saturated heterocycles. The summed E-state index contributed by atoms with van der Waals surface area (Å²) in [5, 5.41) is 4.46. The van der Waals surface area contributed by atoms with Crippen molar-refractivity contribution in [3.8, 4) is 0 Å². The van der Waals surface area contributed by atoms with Crippen molar-refractivity contribution < 1.29 is 4.74 Å². The summed E-state index contributed by atoms with van der Waals surface area (Å²) in [6, 6.07) is 5.83. The first-order valence-corrected chi connectivity index (χ1v) is 7.00. The number of halogens is 2. The highest BCUT2D eigenvalue weighted by Crippen LogP contribution is 2.29. The molecule has 0 aliphatic rings. The van der Waals surface area contributed by atoms with Gasteiger partial charge in [-0.05, 0) is 37.6 Å². The fraction of sp³-hybridized carbons (Fsp3) is 0.571. The summed E-state index contributed by atoms with van der Waals surface area (Å²) >= 11 is 12.0. The number of nitrogens with one attached hydrogen (secondary N) is 1. The summed E-state index contributed by atoms with van der Waals surface area (Å²) in [5.41, 5.74) is 1.10. The molecular weight excluding hydrogens is 269 g/mol. The number of rotatable bonds is 6. The fourth-order valence-corrected chi connectivity index (χ4v) is 2.40. The van der Waals surface area contributed by atoms with Gasteiger partial charge in [0.1, 0.15) is 0 Å². The van der Waals surface area contributed by atoms with Gasteiger partial charge in [0, 0.05) is 6.61 Å². The van der Waals surface area contributed by atoms with E-state index >= 15 is 0 Å². The van der Waals surface area contributed by atoms with Gasteiger partial charge in [0.25, 0.3) is 0 Å². The largest absolute Gasteiger partial charge is 0.376 e. The van der Waals surface area contributed by atoms with Crippen molar-refractivity contribution in [2.24, 2.45) is 5.92 Å². The summed E-state index contributed by atoms with van der Waals surface area (Å²) in [6.07, 6.45) is 0.109. The second-order valence-electron chi connectivity index (χ2n) is 4.60. The van der Waals surface area contributed by atoms with Gasteiger partial charge < -0.3 is 10.1 Å².